The Morgan fingerprint density at radius 2 is 2.19 bits per heavy atom. The van der Waals surface area contributed by atoms with Crippen molar-refractivity contribution in [3.8, 4) is 0 Å². The van der Waals surface area contributed by atoms with Crippen LogP contribution in [0.5, 0.6) is 0 Å². The highest BCUT2D eigenvalue weighted by atomic mass is 15.2. The minimum atomic E-state index is 0.991. The van der Waals surface area contributed by atoms with Crippen LogP contribution in [0.15, 0.2) is 24.0 Å². The van der Waals surface area contributed by atoms with Gasteiger partial charge in [-0.05, 0) is 18.9 Å². The van der Waals surface area contributed by atoms with Crippen molar-refractivity contribution in [2.24, 2.45) is 0 Å². The molecule has 0 amide bonds. The Morgan fingerprint density at radius 1 is 1.31 bits per heavy atom. The van der Waals surface area contributed by atoms with Crippen LogP contribution >= 0.6 is 0 Å². The van der Waals surface area contributed by atoms with E-state index in [1.54, 1.807) is 0 Å². The molecule has 2 aliphatic rings. The molecule has 0 saturated carbocycles. The molecule has 1 aromatic heterocycles. The third kappa shape index (κ3) is 1.39. The number of quaternary nitrogens is 2. The van der Waals surface area contributed by atoms with E-state index in [1.165, 1.54) is 33.2 Å². The van der Waals surface area contributed by atoms with Crippen molar-refractivity contribution in [1.82, 2.24) is 4.98 Å². The number of pyridine rings is 1. The zero-order chi connectivity index (χ0) is 11.1. The van der Waals surface area contributed by atoms with Gasteiger partial charge in [-0.3, -0.25) is 4.98 Å². The Morgan fingerprint density at radius 3 is 3.06 bits per heavy atom. The molecule has 0 spiro atoms. The molecule has 0 saturated heterocycles. The summed E-state index contributed by atoms with van der Waals surface area (Å²) in [6, 6.07) is 4.12. The van der Waals surface area contributed by atoms with Gasteiger partial charge in [0.2, 0.25) is 0 Å². The Kier molecular flexibility index (Phi) is 2.30. The van der Waals surface area contributed by atoms with E-state index < -0.39 is 0 Å². The molecule has 84 valence electrons. The molecule has 2 unspecified atom stereocenters. The van der Waals surface area contributed by atoms with Crippen LogP contribution in [0.25, 0.3) is 5.57 Å². The predicted octanol–water partition coefficient (Wildman–Crippen LogP) is -0.415. The third-order valence-electron chi connectivity index (χ3n) is 3.53. The number of hydrogen-bond donors (Lipinski definition) is 2. The Balaban J connectivity index is 2.09. The van der Waals surface area contributed by atoms with E-state index in [2.05, 4.69) is 25.1 Å². The molecule has 2 N–H and O–H groups in total. The van der Waals surface area contributed by atoms with Gasteiger partial charge in [-0.1, -0.05) is 0 Å². The lowest BCUT2D eigenvalue weighted by atomic mass is 10.1. The number of allylic oxidation sites excluding steroid dienone is 1. The van der Waals surface area contributed by atoms with Crippen molar-refractivity contribution in [3.05, 3.63) is 43.8 Å². The summed E-state index contributed by atoms with van der Waals surface area (Å²) in [4.78, 5) is 7.01. The summed E-state index contributed by atoms with van der Waals surface area (Å²) in [5, 5.41) is 0. The first-order valence-electron chi connectivity index (χ1n) is 5.81. The molecular formula is C13H17N3. The number of hydrogen-bond acceptors (Lipinski definition) is 1. The zero-order valence-electron chi connectivity index (χ0n) is 9.42. The van der Waals surface area contributed by atoms with Gasteiger partial charge in [-0.15, -0.1) is 7.05 Å². The van der Waals surface area contributed by atoms with Gasteiger partial charge >= 0.3 is 0 Å². The van der Waals surface area contributed by atoms with E-state index in [0.717, 1.165) is 25.2 Å². The average Bonchev–Trinajstić information content (AvgIpc) is 2.47. The minimum absolute atomic E-state index is 0.991. The van der Waals surface area contributed by atoms with Gasteiger partial charge in [0.1, 0.15) is 23.6 Å². The van der Waals surface area contributed by atoms with Crippen LogP contribution in [0, 0.1) is 14.1 Å². The van der Waals surface area contributed by atoms with Crippen molar-refractivity contribution in [3.63, 3.8) is 0 Å². The third-order valence-corrected chi connectivity index (χ3v) is 3.53. The molecule has 16 heavy (non-hydrogen) atoms. The molecule has 2 aliphatic heterocycles. The fourth-order valence-electron chi connectivity index (χ4n) is 2.71. The van der Waals surface area contributed by atoms with E-state index in [-0.39, 0.29) is 0 Å². The molecule has 3 nitrogen and oxygen atoms in total. The lowest BCUT2D eigenvalue weighted by molar-refractivity contribution is -0.869. The molecule has 0 radical (unpaired) electrons. The highest BCUT2D eigenvalue weighted by Gasteiger charge is 2.32. The van der Waals surface area contributed by atoms with Crippen LogP contribution in [0.3, 0.4) is 0 Å². The summed E-state index contributed by atoms with van der Waals surface area (Å²) >= 11 is 0. The van der Waals surface area contributed by atoms with E-state index in [1.807, 2.05) is 12.3 Å². The maximum atomic E-state index is 4.51. The topological polar surface area (TPSA) is 21.8 Å². The average molecular weight is 215 g/mol. The first-order valence-corrected chi connectivity index (χ1v) is 5.81. The maximum Gasteiger partial charge on any atom is 0.145 e. The van der Waals surface area contributed by atoms with Gasteiger partial charge < -0.3 is 9.80 Å². The zero-order valence-corrected chi connectivity index (χ0v) is 9.42. The Hall–Kier alpha value is -1.19. The number of fused-ring (bicyclic) bond motifs is 2. The van der Waals surface area contributed by atoms with Crippen LogP contribution < -0.4 is 9.80 Å². The first kappa shape index (κ1) is 10.00. The SMILES string of the molecule is [CH2-][NH+]1CCCC2=C(C1)[NH+]([CH2-])c1cccnc12. The molecule has 0 aliphatic carbocycles. The van der Waals surface area contributed by atoms with Crippen molar-refractivity contribution in [2.45, 2.75) is 12.8 Å². The van der Waals surface area contributed by atoms with Crippen LogP contribution in [-0.2, 0) is 0 Å². The predicted molar refractivity (Wildman–Crippen MR) is 62.4 cm³/mol. The summed E-state index contributed by atoms with van der Waals surface area (Å²) in [6.07, 6.45) is 4.19. The normalized spacial score (nSPS) is 28.6. The van der Waals surface area contributed by atoms with E-state index >= 15 is 0 Å². The van der Waals surface area contributed by atoms with Gasteiger partial charge in [0.05, 0.1) is 6.54 Å². The van der Waals surface area contributed by atoms with Gasteiger partial charge in [0.15, 0.2) is 0 Å². The number of nitrogens with zero attached hydrogens (tertiary/aromatic N) is 1. The molecular weight excluding hydrogens is 198 g/mol. The second-order valence-corrected chi connectivity index (χ2v) is 4.62. The smallest absolute Gasteiger partial charge is 0.145 e. The van der Waals surface area contributed by atoms with Gasteiger partial charge in [-0.25, -0.2) is 0 Å². The lowest BCUT2D eigenvalue weighted by Gasteiger charge is -2.23. The molecule has 3 heterocycles. The lowest BCUT2D eigenvalue weighted by Crippen LogP contribution is -3.11. The summed E-state index contributed by atoms with van der Waals surface area (Å²) < 4.78 is 0. The van der Waals surface area contributed by atoms with Crippen LogP contribution in [-0.4, -0.2) is 18.1 Å². The molecule has 1 aromatic rings. The van der Waals surface area contributed by atoms with Crippen molar-refractivity contribution >= 4 is 11.3 Å². The number of aromatic nitrogens is 1. The van der Waals surface area contributed by atoms with Gasteiger partial charge in [0.25, 0.3) is 0 Å². The van der Waals surface area contributed by atoms with E-state index in [4.69, 9.17) is 0 Å². The highest BCUT2D eigenvalue weighted by Crippen LogP contribution is 2.30. The van der Waals surface area contributed by atoms with Crippen LogP contribution in [0.4, 0.5) is 5.69 Å². The fraction of sp³-hybridized carbons (Fsp3) is 0.308. The molecule has 2 atom stereocenters. The molecule has 0 bridgehead atoms. The van der Waals surface area contributed by atoms with Crippen molar-refractivity contribution in [2.75, 3.05) is 13.1 Å². The number of rotatable bonds is 0. The minimum Gasteiger partial charge on any atom is -0.460 e. The number of nitrogens with one attached hydrogen (secondary N) is 2. The summed E-state index contributed by atoms with van der Waals surface area (Å²) in [5.74, 6) is 0. The fourth-order valence-corrected chi connectivity index (χ4v) is 2.71. The molecule has 3 rings (SSSR count). The summed E-state index contributed by atoms with van der Waals surface area (Å²) in [6.45, 7) is 2.13. The largest absolute Gasteiger partial charge is 0.460 e. The second-order valence-electron chi connectivity index (χ2n) is 4.62. The van der Waals surface area contributed by atoms with Gasteiger partial charge in [-0.2, -0.15) is 7.05 Å². The van der Waals surface area contributed by atoms with Gasteiger partial charge in [0, 0.05) is 17.8 Å². The van der Waals surface area contributed by atoms with Crippen LogP contribution in [0.1, 0.15) is 18.5 Å². The van der Waals surface area contributed by atoms with E-state index in [9.17, 15) is 0 Å². The maximum absolute atomic E-state index is 4.51. The molecule has 0 aromatic carbocycles. The Labute approximate surface area is 96.4 Å². The van der Waals surface area contributed by atoms with Crippen molar-refractivity contribution in [1.29, 1.82) is 0 Å². The van der Waals surface area contributed by atoms with Crippen molar-refractivity contribution < 1.29 is 9.80 Å². The molecule has 0 fully saturated rings. The summed E-state index contributed by atoms with van der Waals surface area (Å²) in [7, 11) is 8.35. The highest BCUT2D eigenvalue weighted by molar-refractivity contribution is 5.75. The van der Waals surface area contributed by atoms with E-state index in [0.29, 0.717) is 0 Å². The standard InChI is InChI=1S/C13H17N3/c1-15-8-4-5-10-12(9-15)16(2)11-6-3-7-14-13(10)11/h3,6-7,15-16H,1-2,4-5,8-9H2. The summed E-state index contributed by atoms with van der Waals surface area (Å²) in [5.41, 5.74) is 5.19. The van der Waals surface area contributed by atoms with Crippen LogP contribution in [0.2, 0.25) is 0 Å². The molecule has 3 heteroatoms. The second kappa shape index (κ2) is 3.68. The first-order chi connectivity index (χ1) is 7.77. The quantitative estimate of drug-likeness (QED) is 0.564. The monoisotopic (exact) mass is 215 g/mol. The Bertz CT molecular complexity index is 450.